The molecular formula is C28H62N6. The zero-order valence-electron chi connectivity index (χ0n) is 23.0. The smallest absolute Gasteiger partial charge is 0.0107 e. The maximum Gasteiger partial charge on any atom is 0.0107 e. The van der Waals surface area contributed by atoms with Crippen LogP contribution in [0.5, 0.6) is 0 Å². The van der Waals surface area contributed by atoms with Gasteiger partial charge in [0.15, 0.2) is 0 Å². The zero-order chi connectivity index (χ0) is 24.2. The van der Waals surface area contributed by atoms with Gasteiger partial charge >= 0.3 is 0 Å². The topological polar surface area (TPSA) is 63.4 Å². The number of nitrogens with zero attached hydrogens (tertiary/aromatic N) is 1. The SMILES string of the molecule is CCCCCCCCCCCCCCCCN1CCNCCNCCNCCNCCNCC1. The van der Waals surface area contributed by atoms with Gasteiger partial charge in [-0.2, -0.15) is 0 Å². The fourth-order valence-electron chi connectivity index (χ4n) is 4.67. The second kappa shape index (κ2) is 27.3. The Morgan fingerprint density at radius 3 is 1.03 bits per heavy atom. The summed E-state index contributed by atoms with van der Waals surface area (Å²) in [7, 11) is 0. The lowest BCUT2D eigenvalue weighted by molar-refractivity contribution is 0.266. The third-order valence-electron chi connectivity index (χ3n) is 6.95. The molecule has 1 saturated heterocycles. The molecule has 0 aliphatic carbocycles. The van der Waals surface area contributed by atoms with Crippen LogP contribution in [0.25, 0.3) is 0 Å². The molecule has 34 heavy (non-hydrogen) atoms. The van der Waals surface area contributed by atoms with Crippen LogP contribution < -0.4 is 26.6 Å². The van der Waals surface area contributed by atoms with Crippen LogP contribution in [-0.4, -0.2) is 90.0 Å². The van der Waals surface area contributed by atoms with Crippen molar-refractivity contribution in [1.82, 2.24) is 31.5 Å². The molecule has 0 aromatic heterocycles. The number of hydrogen-bond donors (Lipinski definition) is 5. The Balaban J connectivity index is 2.01. The molecule has 0 atom stereocenters. The van der Waals surface area contributed by atoms with Crippen molar-refractivity contribution in [3.63, 3.8) is 0 Å². The van der Waals surface area contributed by atoms with E-state index in [-0.39, 0.29) is 0 Å². The average Bonchev–Trinajstić information content (AvgIpc) is 2.85. The fraction of sp³-hybridized carbons (Fsp3) is 1.00. The quantitative estimate of drug-likeness (QED) is 0.229. The van der Waals surface area contributed by atoms with Gasteiger partial charge in [-0.05, 0) is 13.0 Å². The number of rotatable bonds is 15. The van der Waals surface area contributed by atoms with Crippen molar-refractivity contribution < 1.29 is 0 Å². The van der Waals surface area contributed by atoms with E-state index >= 15 is 0 Å². The standard InChI is InChI=1S/C28H62N6/c1-2-3-4-5-6-7-8-9-10-11-12-13-14-15-26-34-27-24-32-22-20-30-18-16-29-17-19-31-21-23-33-25-28-34/h29-33H,2-28H2,1H3. The molecule has 0 saturated carbocycles. The number of nitrogens with one attached hydrogen (secondary N) is 5. The van der Waals surface area contributed by atoms with Crippen LogP contribution in [0.1, 0.15) is 96.8 Å². The highest BCUT2D eigenvalue weighted by molar-refractivity contribution is 4.65. The van der Waals surface area contributed by atoms with Crippen LogP contribution >= 0.6 is 0 Å². The van der Waals surface area contributed by atoms with E-state index in [9.17, 15) is 0 Å². The summed E-state index contributed by atoms with van der Waals surface area (Å²) in [5, 5.41) is 17.7. The molecule has 1 aliphatic rings. The number of unbranched alkanes of at least 4 members (excludes halogenated alkanes) is 13. The van der Waals surface area contributed by atoms with Crippen molar-refractivity contribution >= 4 is 0 Å². The molecule has 6 heteroatoms. The molecule has 0 bridgehead atoms. The van der Waals surface area contributed by atoms with Crippen molar-refractivity contribution in [2.75, 3.05) is 85.1 Å². The molecule has 204 valence electrons. The normalized spacial score (nSPS) is 19.0. The number of hydrogen-bond acceptors (Lipinski definition) is 6. The summed E-state index contributed by atoms with van der Waals surface area (Å²) in [6, 6.07) is 0. The molecule has 1 fully saturated rings. The van der Waals surface area contributed by atoms with Crippen molar-refractivity contribution in [1.29, 1.82) is 0 Å². The van der Waals surface area contributed by atoms with Gasteiger partial charge in [0.2, 0.25) is 0 Å². The molecule has 1 heterocycles. The fourth-order valence-corrected chi connectivity index (χ4v) is 4.67. The molecule has 0 spiro atoms. The van der Waals surface area contributed by atoms with E-state index in [1.807, 2.05) is 0 Å². The molecule has 0 radical (unpaired) electrons. The molecule has 0 aromatic rings. The summed E-state index contributed by atoms with van der Waals surface area (Å²) in [5.74, 6) is 0. The van der Waals surface area contributed by atoms with E-state index in [1.54, 1.807) is 0 Å². The van der Waals surface area contributed by atoms with E-state index in [4.69, 9.17) is 0 Å². The highest BCUT2D eigenvalue weighted by Crippen LogP contribution is 2.13. The Bertz CT molecular complexity index is 364. The third-order valence-corrected chi connectivity index (χ3v) is 6.95. The van der Waals surface area contributed by atoms with Gasteiger partial charge in [0, 0.05) is 78.5 Å². The van der Waals surface area contributed by atoms with Gasteiger partial charge in [0.1, 0.15) is 0 Å². The maximum absolute atomic E-state index is 3.62. The predicted molar refractivity (Wildman–Crippen MR) is 151 cm³/mol. The van der Waals surface area contributed by atoms with Gasteiger partial charge in [-0.3, -0.25) is 0 Å². The van der Waals surface area contributed by atoms with E-state index in [2.05, 4.69) is 38.4 Å². The summed E-state index contributed by atoms with van der Waals surface area (Å²) in [6.07, 6.45) is 20.1. The van der Waals surface area contributed by atoms with Gasteiger partial charge in [-0.15, -0.1) is 0 Å². The van der Waals surface area contributed by atoms with Gasteiger partial charge < -0.3 is 31.5 Å². The van der Waals surface area contributed by atoms with E-state index in [1.165, 1.54) is 110 Å². The maximum atomic E-state index is 3.62. The lowest BCUT2D eigenvalue weighted by Crippen LogP contribution is -2.41. The lowest BCUT2D eigenvalue weighted by Gasteiger charge is -2.23. The highest BCUT2D eigenvalue weighted by Gasteiger charge is 2.05. The van der Waals surface area contributed by atoms with Crippen LogP contribution in [0.3, 0.4) is 0 Å². The molecule has 1 rings (SSSR count). The minimum Gasteiger partial charge on any atom is -0.314 e. The van der Waals surface area contributed by atoms with Crippen LogP contribution in [0.2, 0.25) is 0 Å². The van der Waals surface area contributed by atoms with Gasteiger partial charge in [-0.25, -0.2) is 0 Å². The lowest BCUT2D eigenvalue weighted by atomic mass is 10.0. The minimum atomic E-state index is 1.05. The Kier molecular flexibility index (Phi) is 25.6. The molecule has 0 amide bonds. The van der Waals surface area contributed by atoms with Crippen LogP contribution in [-0.2, 0) is 0 Å². The summed E-state index contributed by atoms with van der Waals surface area (Å²) in [6.45, 7) is 16.5. The molecular weight excluding hydrogens is 420 g/mol. The predicted octanol–water partition coefficient (Wildman–Crippen LogP) is 3.73. The molecule has 5 N–H and O–H groups in total. The van der Waals surface area contributed by atoms with Gasteiger partial charge in [0.05, 0.1) is 0 Å². The van der Waals surface area contributed by atoms with E-state index in [0.717, 1.165) is 65.4 Å². The van der Waals surface area contributed by atoms with Crippen molar-refractivity contribution in [3.05, 3.63) is 0 Å². The molecule has 1 aliphatic heterocycles. The average molecular weight is 483 g/mol. The van der Waals surface area contributed by atoms with Crippen LogP contribution in [0.4, 0.5) is 0 Å². The van der Waals surface area contributed by atoms with Crippen LogP contribution in [0.15, 0.2) is 0 Å². The summed E-state index contributed by atoms with van der Waals surface area (Å²) in [5.41, 5.74) is 0. The zero-order valence-corrected chi connectivity index (χ0v) is 23.0. The Hall–Kier alpha value is -0.240. The van der Waals surface area contributed by atoms with Crippen molar-refractivity contribution in [2.24, 2.45) is 0 Å². The Morgan fingerprint density at radius 1 is 0.382 bits per heavy atom. The van der Waals surface area contributed by atoms with Crippen molar-refractivity contribution in [3.8, 4) is 0 Å². The minimum absolute atomic E-state index is 1.05. The van der Waals surface area contributed by atoms with Gasteiger partial charge in [0.25, 0.3) is 0 Å². The van der Waals surface area contributed by atoms with E-state index in [0.29, 0.717) is 0 Å². The van der Waals surface area contributed by atoms with Crippen molar-refractivity contribution in [2.45, 2.75) is 96.8 Å². The second-order valence-corrected chi connectivity index (χ2v) is 10.2. The highest BCUT2D eigenvalue weighted by atomic mass is 15.2. The summed E-state index contributed by atoms with van der Waals surface area (Å²) >= 11 is 0. The van der Waals surface area contributed by atoms with Gasteiger partial charge in [-0.1, -0.05) is 90.4 Å². The first-order valence-corrected chi connectivity index (χ1v) is 15.2. The monoisotopic (exact) mass is 483 g/mol. The Morgan fingerprint density at radius 2 is 0.676 bits per heavy atom. The summed E-state index contributed by atoms with van der Waals surface area (Å²) in [4.78, 5) is 2.66. The second-order valence-electron chi connectivity index (χ2n) is 10.2. The molecule has 6 nitrogen and oxygen atoms in total. The molecule has 0 unspecified atom stereocenters. The van der Waals surface area contributed by atoms with Crippen LogP contribution in [0, 0.1) is 0 Å². The largest absolute Gasteiger partial charge is 0.314 e. The first-order chi connectivity index (χ1) is 16.9. The Labute approximate surface area is 213 Å². The first kappa shape index (κ1) is 31.8. The molecule has 0 aromatic carbocycles. The first-order valence-electron chi connectivity index (χ1n) is 15.2. The van der Waals surface area contributed by atoms with E-state index < -0.39 is 0 Å². The summed E-state index contributed by atoms with van der Waals surface area (Å²) < 4.78 is 0. The third kappa shape index (κ3) is 23.5.